The van der Waals surface area contributed by atoms with Gasteiger partial charge in [0.05, 0.1) is 16.0 Å². The van der Waals surface area contributed by atoms with Crippen LogP contribution < -0.4 is 0 Å². The van der Waals surface area contributed by atoms with Gasteiger partial charge in [0.2, 0.25) is 0 Å². The fourth-order valence-corrected chi connectivity index (χ4v) is 3.70. The number of para-hydroxylation sites is 2. The molecule has 0 spiro atoms. The summed E-state index contributed by atoms with van der Waals surface area (Å²) in [5, 5.41) is 13.1. The first-order valence-electron chi connectivity index (χ1n) is 7.10. The zero-order valence-electron chi connectivity index (χ0n) is 11.9. The third-order valence-electron chi connectivity index (χ3n) is 3.97. The van der Waals surface area contributed by atoms with Gasteiger partial charge in [0, 0.05) is 22.5 Å². The van der Waals surface area contributed by atoms with E-state index in [9.17, 15) is 10.1 Å². The molecular weight excluding hydrogens is 356 g/mol. The molecule has 0 atom stereocenters. The first-order valence-corrected chi connectivity index (χ1v) is 7.89. The highest BCUT2D eigenvalue weighted by Crippen LogP contribution is 2.40. The molecule has 112 valence electrons. The van der Waals surface area contributed by atoms with Crippen molar-refractivity contribution in [2.75, 3.05) is 0 Å². The van der Waals surface area contributed by atoms with Crippen LogP contribution in [-0.4, -0.2) is 9.49 Å². The van der Waals surface area contributed by atoms with Crippen LogP contribution in [0.25, 0.3) is 27.5 Å². The number of aromatic nitrogens is 1. The van der Waals surface area contributed by atoms with Crippen molar-refractivity contribution in [3.63, 3.8) is 0 Å². The molecule has 5 heteroatoms. The van der Waals surface area contributed by atoms with Gasteiger partial charge in [-0.15, -0.1) is 0 Å². The minimum atomic E-state index is -0.363. The third-order valence-corrected chi connectivity index (χ3v) is 4.77. The molecule has 4 rings (SSSR count). The van der Waals surface area contributed by atoms with E-state index in [2.05, 4.69) is 20.5 Å². The van der Waals surface area contributed by atoms with Crippen molar-refractivity contribution in [2.45, 2.75) is 0 Å². The summed E-state index contributed by atoms with van der Waals surface area (Å²) >= 11 is 3.43. The van der Waals surface area contributed by atoms with Gasteiger partial charge in [0.1, 0.15) is 4.47 Å². The highest BCUT2D eigenvalue weighted by Gasteiger charge is 2.20. The van der Waals surface area contributed by atoms with Gasteiger partial charge in [0.25, 0.3) is 5.69 Å². The summed E-state index contributed by atoms with van der Waals surface area (Å²) < 4.78 is 2.64. The predicted molar refractivity (Wildman–Crippen MR) is 95.1 cm³/mol. The third kappa shape index (κ3) is 2.04. The Labute approximate surface area is 140 Å². The largest absolute Gasteiger partial charge is 0.309 e. The van der Waals surface area contributed by atoms with Crippen LogP contribution in [0.4, 0.5) is 5.69 Å². The maximum absolute atomic E-state index is 11.2. The molecule has 0 bridgehead atoms. The van der Waals surface area contributed by atoms with Gasteiger partial charge in [-0.05, 0) is 40.2 Å². The zero-order chi connectivity index (χ0) is 16.0. The first kappa shape index (κ1) is 14.0. The average molecular weight is 367 g/mol. The van der Waals surface area contributed by atoms with Gasteiger partial charge in [0.15, 0.2) is 0 Å². The van der Waals surface area contributed by atoms with E-state index in [4.69, 9.17) is 0 Å². The van der Waals surface area contributed by atoms with Gasteiger partial charge in [-0.3, -0.25) is 10.1 Å². The number of rotatable bonds is 2. The molecule has 23 heavy (non-hydrogen) atoms. The molecule has 0 aliphatic heterocycles. The summed E-state index contributed by atoms with van der Waals surface area (Å²) in [6.45, 7) is 0. The van der Waals surface area contributed by atoms with Gasteiger partial charge in [-0.1, -0.05) is 36.4 Å². The fourth-order valence-electron chi connectivity index (χ4n) is 3.00. The van der Waals surface area contributed by atoms with E-state index in [-0.39, 0.29) is 10.6 Å². The van der Waals surface area contributed by atoms with Crippen LogP contribution in [0, 0.1) is 10.1 Å². The van der Waals surface area contributed by atoms with E-state index >= 15 is 0 Å². The van der Waals surface area contributed by atoms with Crippen LogP contribution in [-0.2, 0) is 0 Å². The second-order valence-corrected chi connectivity index (χ2v) is 6.03. The Morgan fingerprint density at radius 2 is 1.57 bits per heavy atom. The SMILES string of the molecule is O=[N+]([O-])c1ccc2c(c1Br)c1ccccc1n2-c1ccccc1. The van der Waals surface area contributed by atoms with Crippen LogP contribution in [0.2, 0.25) is 0 Å². The van der Waals surface area contributed by atoms with Crippen molar-refractivity contribution >= 4 is 43.4 Å². The number of halogens is 1. The molecule has 0 aliphatic rings. The smallest absolute Gasteiger partial charge is 0.284 e. The Balaban J connectivity index is 2.22. The topological polar surface area (TPSA) is 48.1 Å². The molecule has 0 amide bonds. The molecule has 4 nitrogen and oxygen atoms in total. The second kappa shape index (κ2) is 5.21. The molecule has 1 heterocycles. The molecule has 0 N–H and O–H groups in total. The lowest BCUT2D eigenvalue weighted by Crippen LogP contribution is -1.94. The van der Waals surface area contributed by atoms with E-state index in [0.717, 1.165) is 27.5 Å². The molecule has 1 aromatic heterocycles. The maximum Gasteiger partial charge on any atom is 0.284 e. The van der Waals surface area contributed by atoms with Gasteiger partial charge < -0.3 is 4.57 Å². The van der Waals surface area contributed by atoms with E-state index < -0.39 is 0 Å². The number of nitrogens with zero attached hydrogens (tertiary/aromatic N) is 2. The normalized spacial score (nSPS) is 11.2. The molecule has 3 aromatic carbocycles. The summed E-state index contributed by atoms with van der Waals surface area (Å²) in [4.78, 5) is 10.9. The highest BCUT2D eigenvalue weighted by molar-refractivity contribution is 9.10. The van der Waals surface area contributed by atoms with Crippen molar-refractivity contribution < 1.29 is 4.92 Å². The molecule has 0 radical (unpaired) electrons. The van der Waals surface area contributed by atoms with Crippen molar-refractivity contribution in [3.05, 3.63) is 81.3 Å². The molecule has 0 saturated heterocycles. The van der Waals surface area contributed by atoms with E-state index in [1.165, 1.54) is 0 Å². The Kier molecular flexibility index (Phi) is 3.16. The molecule has 0 unspecified atom stereocenters. The summed E-state index contributed by atoms with van der Waals surface area (Å²) in [5.74, 6) is 0. The average Bonchev–Trinajstić information content (AvgIpc) is 2.90. The summed E-state index contributed by atoms with van der Waals surface area (Å²) in [6.07, 6.45) is 0. The summed E-state index contributed by atoms with van der Waals surface area (Å²) in [7, 11) is 0. The number of benzene rings is 3. The standard InChI is InChI=1S/C18H11BrN2O2/c19-18-16(21(22)23)11-10-15-17(18)13-8-4-5-9-14(13)20(15)12-6-2-1-3-7-12/h1-11H. The zero-order valence-corrected chi connectivity index (χ0v) is 13.5. The van der Waals surface area contributed by atoms with Crippen LogP contribution in [0.15, 0.2) is 71.2 Å². The molecular formula is C18H11BrN2O2. The van der Waals surface area contributed by atoms with Crippen molar-refractivity contribution in [2.24, 2.45) is 0 Å². The highest BCUT2D eigenvalue weighted by atomic mass is 79.9. The lowest BCUT2D eigenvalue weighted by molar-refractivity contribution is -0.385. The van der Waals surface area contributed by atoms with E-state index in [1.54, 1.807) is 6.07 Å². The quantitative estimate of drug-likeness (QED) is 0.349. The fraction of sp³-hybridized carbons (Fsp3) is 0. The maximum atomic E-state index is 11.2. The molecule has 0 aliphatic carbocycles. The number of nitro benzene ring substituents is 1. The van der Waals surface area contributed by atoms with Gasteiger partial charge in [-0.25, -0.2) is 0 Å². The van der Waals surface area contributed by atoms with Crippen molar-refractivity contribution in [1.82, 2.24) is 4.57 Å². The minimum Gasteiger partial charge on any atom is -0.309 e. The Morgan fingerprint density at radius 1 is 0.870 bits per heavy atom. The Bertz CT molecular complexity index is 1050. The van der Waals surface area contributed by atoms with E-state index in [0.29, 0.717) is 4.47 Å². The van der Waals surface area contributed by atoms with Crippen LogP contribution >= 0.6 is 15.9 Å². The lowest BCUT2D eigenvalue weighted by atomic mass is 10.1. The van der Waals surface area contributed by atoms with Crippen molar-refractivity contribution in [3.8, 4) is 5.69 Å². The molecule has 0 saturated carbocycles. The number of hydrogen-bond donors (Lipinski definition) is 0. The lowest BCUT2D eigenvalue weighted by Gasteiger charge is -2.07. The molecule has 4 aromatic rings. The van der Waals surface area contributed by atoms with Crippen LogP contribution in [0.5, 0.6) is 0 Å². The monoisotopic (exact) mass is 366 g/mol. The van der Waals surface area contributed by atoms with Gasteiger partial charge >= 0.3 is 0 Å². The Morgan fingerprint density at radius 3 is 2.30 bits per heavy atom. The van der Waals surface area contributed by atoms with Crippen LogP contribution in [0.1, 0.15) is 0 Å². The van der Waals surface area contributed by atoms with E-state index in [1.807, 2.05) is 60.7 Å². The summed E-state index contributed by atoms with van der Waals surface area (Å²) in [6, 6.07) is 21.3. The van der Waals surface area contributed by atoms with Gasteiger partial charge in [-0.2, -0.15) is 0 Å². The minimum absolute atomic E-state index is 0.0773. The Hall–Kier alpha value is -2.66. The number of nitro groups is 1. The first-order chi connectivity index (χ1) is 11.2. The van der Waals surface area contributed by atoms with Crippen LogP contribution in [0.3, 0.4) is 0 Å². The number of hydrogen-bond acceptors (Lipinski definition) is 2. The molecule has 0 fully saturated rings. The number of fused-ring (bicyclic) bond motifs is 3. The summed E-state index contributed by atoms with van der Waals surface area (Å²) in [5.41, 5.74) is 3.07. The second-order valence-electron chi connectivity index (χ2n) is 5.24. The predicted octanol–water partition coefficient (Wildman–Crippen LogP) is 5.45. The van der Waals surface area contributed by atoms with Crippen molar-refractivity contribution in [1.29, 1.82) is 0 Å².